The van der Waals surface area contributed by atoms with Crippen LogP contribution >= 0.6 is 11.5 Å². The lowest BCUT2D eigenvalue weighted by Gasteiger charge is -2.39. The van der Waals surface area contributed by atoms with Crippen molar-refractivity contribution >= 4 is 51.8 Å². The van der Waals surface area contributed by atoms with Gasteiger partial charge in [0.1, 0.15) is 23.5 Å². The number of rotatable bonds is 5. The molecular formula is C21H18N8O4S. The van der Waals surface area contributed by atoms with Crippen molar-refractivity contribution in [1.29, 1.82) is 0 Å². The monoisotopic (exact) mass is 478 g/mol. The maximum atomic E-state index is 12.9. The number of aromatic carboxylic acids is 1. The number of hydrogen-bond donors (Lipinski definition) is 3. The molecule has 0 atom stereocenters. The van der Waals surface area contributed by atoms with Gasteiger partial charge in [-0.3, -0.25) is 14.2 Å². The second-order valence-corrected chi connectivity index (χ2v) is 8.59. The third-order valence-electron chi connectivity index (χ3n) is 5.56. The smallest absolute Gasteiger partial charge is 0.341 e. The van der Waals surface area contributed by atoms with Gasteiger partial charge in [-0.25, -0.2) is 19.7 Å². The highest BCUT2D eigenvalue weighted by Crippen LogP contribution is 2.28. The number of aryl methyl sites for hydroxylation is 1. The summed E-state index contributed by atoms with van der Waals surface area (Å²) < 4.78 is 5.43. The number of nitrogens with one attached hydrogen (secondary N) is 1. The Bertz CT molecular complexity index is 1480. The molecule has 0 radical (unpaired) electrons. The highest BCUT2D eigenvalue weighted by Gasteiger charge is 2.34. The molecule has 13 heteroatoms. The Kier molecular flexibility index (Phi) is 5.17. The molecule has 1 aliphatic heterocycles. The first-order chi connectivity index (χ1) is 16.3. The normalized spacial score (nSPS) is 13.6. The maximum Gasteiger partial charge on any atom is 0.341 e. The zero-order valence-corrected chi connectivity index (χ0v) is 18.6. The standard InChI is InChI=1S/C21H18N8O4S/c1-10-4-15(28-6-11(7-28)19(31)26-12-2-3-14(22)23-5-12)27-18-16(10)17(30)13(20(32)33)8-29(18)21-24-9-25-34-21/h2-5,8-9,11H,6-7H2,1H3,(H2,22,23)(H,26,31)(H,32,33). The lowest BCUT2D eigenvalue weighted by atomic mass is 9.98. The van der Waals surface area contributed by atoms with Crippen molar-refractivity contribution in [2.24, 2.45) is 5.92 Å². The van der Waals surface area contributed by atoms with Crippen LogP contribution in [0.15, 0.2) is 41.7 Å². The van der Waals surface area contributed by atoms with Crippen molar-refractivity contribution in [3.8, 4) is 5.13 Å². The summed E-state index contributed by atoms with van der Waals surface area (Å²) in [6.07, 6.45) is 4.06. The summed E-state index contributed by atoms with van der Waals surface area (Å²) >= 11 is 1.05. The summed E-state index contributed by atoms with van der Waals surface area (Å²) in [5.41, 5.74) is 6.00. The van der Waals surface area contributed by atoms with Gasteiger partial charge in [0.15, 0.2) is 5.65 Å². The average Bonchev–Trinajstić information content (AvgIpc) is 3.29. The topological polar surface area (TPSA) is 169 Å². The number of fused-ring (bicyclic) bond motifs is 1. The van der Waals surface area contributed by atoms with Gasteiger partial charge in [-0.1, -0.05) is 0 Å². The zero-order chi connectivity index (χ0) is 24.0. The fourth-order valence-corrected chi connectivity index (χ4v) is 4.28. The van der Waals surface area contributed by atoms with E-state index in [0.29, 0.717) is 41.1 Å². The Morgan fingerprint density at radius 2 is 2.06 bits per heavy atom. The van der Waals surface area contributed by atoms with E-state index in [-0.39, 0.29) is 28.4 Å². The molecule has 0 aromatic carbocycles. The lowest BCUT2D eigenvalue weighted by Crippen LogP contribution is -2.52. The third-order valence-corrected chi connectivity index (χ3v) is 6.22. The van der Waals surface area contributed by atoms with Crippen LogP contribution in [0.25, 0.3) is 16.2 Å². The van der Waals surface area contributed by atoms with Crippen molar-refractivity contribution in [2.75, 3.05) is 29.0 Å². The summed E-state index contributed by atoms with van der Waals surface area (Å²) in [7, 11) is 0. The number of carboxylic acid groups (broad SMARTS) is 1. The van der Waals surface area contributed by atoms with Gasteiger partial charge < -0.3 is 21.1 Å². The van der Waals surface area contributed by atoms with Gasteiger partial charge in [0, 0.05) is 30.8 Å². The summed E-state index contributed by atoms with van der Waals surface area (Å²) in [5, 5.41) is 12.9. The summed E-state index contributed by atoms with van der Waals surface area (Å²) in [5.74, 6) is -0.786. The molecule has 0 bridgehead atoms. The third kappa shape index (κ3) is 3.71. The molecule has 5 heterocycles. The molecule has 5 rings (SSSR count). The highest BCUT2D eigenvalue weighted by atomic mass is 32.1. The van der Waals surface area contributed by atoms with Crippen LogP contribution in [-0.4, -0.2) is 54.0 Å². The molecule has 4 aromatic heterocycles. The van der Waals surface area contributed by atoms with Crippen LogP contribution in [0, 0.1) is 12.8 Å². The molecule has 172 valence electrons. The van der Waals surface area contributed by atoms with Gasteiger partial charge in [-0.05, 0) is 30.7 Å². The number of anilines is 3. The fraction of sp³-hybridized carbons (Fsp3) is 0.190. The molecule has 4 N–H and O–H groups in total. The molecule has 1 amide bonds. The summed E-state index contributed by atoms with van der Waals surface area (Å²) in [4.78, 5) is 51.7. The van der Waals surface area contributed by atoms with Crippen LogP contribution < -0.4 is 21.4 Å². The quantitative estimate of drug-likeness (QED) is 0.380. The summed E-state index contributed by atoms with van der Waals surface area (Å²) in [6.45, 7) is 2.59. The fourth-order valence-electron chi connectivity index (χ4n) is 3.77. The van der Waals surface area contributed by atoms with E-state index in [1.165, 1.54) is 23.3 Å². The van der Waals surface area contributed by atoms with Gasteiger partial charge in [0.05, 0.1) is 23.2 Å². The molecule has 0 spiro atoms. The minimum absolute atomic E-state index is 0.141. The van der Waals surface area contributed by atoms with E-state index in [2.05, 4.69) is 24.6 Å². The SMILES string of the molecule is Cc1cc(N2CC(C(=O)Nc3ccc(N)nc3)C2)nc2c1c(=O)c(C(=O)O)cn2-c1ncns1. The van der Waals surface area contributed by atoms with Crippen molar-refractivity contribution < 1.29 is 14.7 Å². The Morgan fingerprint density at radius 3 is 2.71 bits per heavy atom. The van der Waals surface area contributed by atoms with Crippen LogP contribution in [0.5, 0.6) is 0 Å². The predicted octanol–water partition coefficient (Wildman–Crippen LogP) is 1.30. The van der Waals surface area contributed by atoms with Gasteiger partial charge in [0.25, 0.3) is 0 Å². The van der Waals surface area contributed by atoms with E-state index in [1.54, 1.807) is 25.1 Å². The molecule has 0 saturated carbocycles. The number of carboxylic acids is 1. The summed E-state index contributed by atoms with van der Waals surface area (Å²) in [6, 6.07) is 5.01. The number of nitrogen functional groups attached to an aromatic ring is 1. The number of carbonyl (C=O) groups excluding carboxylic acids is 1. The van der Waals surface area contributed by atoms with Gasteiger partial charge in [-0.15, -0.1) is 0 Å². The van der Waals surface area contributed by atoms with E-state index in [0.717, 1.165) is 11.5 Å². The Balaban J connectivity index is 1.45. The van der Waals surface area contributed by atoms with Crippen LogP contribution in [0.2, 0.25) is 0 Å². The molecular weight excluding hydrogens is 460 g/mol. The molecule has 0 unspecified atom stereocenters. The van der Waals surface area contributed by atoms with Crippen LogP contribution in [0.1, 0.15) is 15.9 Å². The van der Waals surface area contributed by atoms with E-state index in [9.17, 15) is 19.5 Å². The first kappa shape index (κ1) is 21.5. The van der Waals surface area contributed by atoms with Crippen LogP contribution in [0.4, 0.5) is 17.3 Å². The largest absolute Gasteiger partial charge is 0.477 e. The predicted molar refractivity (Wildman–Crippen MR) is 125 cm³/mol. The molecule has 34 heavy (non-hydrogen) atoms. The Labute approximate surface area is 195 Å². The highest BCUT2D eigenvalue weighted by molar-refractivity contribution is 7.08. The maximum absolute atomic E-state index is 12.9. The second-order valence-electron chi connectivity index (χ2n) is 7.83. The zero-order valence-electron chi connectivity index (χ0n) is 17.8. The number of aromatic nitrogens is 5. The van der Waals surface area contributed by atoms with Gasteiger partial charge in [0.2, 0.25) is 16.5 Å². The molecule has 1 saturated heterocycles. The number of nitrogens with zero attached hydrogens (tertiary/aromatic N) is 6. The Morgan fingerprint density at radius 1 is 1.26 bits per heavy atom. The van der Waals surface area contributed by atoms with E-state index in [4.69, 9.17) is 5.73 Å². The molecule has 12 nitrogen and oxygen atoms in total. The number of carbonyl (C=O) groups is 2. The molecule has 4 aromatic rings. The van der Waals surface area contributed by atoms with Crippen molar-refractivity contribution in [3.05, 3.63) is 58.3 Å². The second kappa shape index (κ2) is 8.19. The lowest BCUT2D eigenvalue weighted by molar-refractivity contribution is -0.120. The number of pyridine rings is 3. The molecule has 0 aliphatic carbocycles. The van der Waals surface area contributed by atoms with Gasteiger partial charge >= 0.3 is 5.97 Å². The van der Waals surface area contributed by atoms with Crippen molar-refractivity contribution in [3.63, 3.8) is 0 Å². The molecule has 1 aliphatic rings. The minimum Gasteiger partial charge on any atom is -0.477 e. The van der Waals surface area contributed by atoms with E-state index < -0.39 is 11.4 Å². The molecule has 1 fully saturated rings. The van der Waals surface area contributed by atoms with E-state index in [1.807, 2.05) is 4.90 Å². The van der Waals surface area contributed by atoms with E-state index >= 15 is 0 Å². The van der Waals surface area contributed by atoms with Gasteiger partial charge in [-0.2, -0.15) is 4.37 Å². The van der Waals surface area contributed by atoms with Crippen molar-refractivity contribution in [1.82, 2.24) is 23.9 Å². The Hall–Kier alpha value is -4.39. The number of amides is 1. The minimum atomic E-state index is -1.33. The number of hydrogen-bond acceptors (Lipinski definition) is 10. The first-order valence-electron chi connectivity index (χ1n) is 10.2. The average molecular weight is 478 g/mol. The van der Waals surface area contributed by atoms with Crippen LogP contribution in [-0.2, 0) is 4.79 Å². The van der Waals surface area contributed by atoms with Crippen molar-refractivity contribution in [2.45, 2.75) is 6.92 Å². The van der Waals surface area contributed by atoms with Crippen LogP contribution in [0.3, 0.4) is 0 Å². The first-order valence-corrected chi connectivity index (χ1v) is 10.9. The number of nitrogens with two attached hydrogens (primary N) is 1.